The number of allylic oxidation sites excluding steroid dienone is 1. The van der Waals surface area contributed by atoms with Crippen LogP contribution < -0.4 is 9.47 Å². The number of alkyl halides is 2. The van der Waals surface area contributed by atoms with Gasteiger partial charge < -0.3 is 9.47 Å². The zero-order chi connectivity index (χ0) is 20.8. The first-order chi connectivity index (χ1) is 14.0. The van der Waals surface area contributed by atoms with Crippen LogP contribution in [0.5, 0.6) is 11.5 Å². The number of halogens is 3. The van der Waals surface area contributed by atoms with Crippen LogP contribution in [-0.2, 0) is 6.42 Å². The normalized spacial score (nSPS) is 10.9. The molecule has 0 saturated heterocycles. The molecular formula is C24H21F3O2. The summed E-state index contributed by atoms with van der Waals surface area (Å²) in [5, 5.41) is 0.852. The minimum atomic E-state index is -3.03. The highest BCUT2D eigenvalue weighted by atomic mass is 19.3. The molecule has 0 unspecified atom stereocenters. The van der Waals surface area contributed by atoms with E-state index >= 15 is 4.39 Å². The highest BCUT2D eigenvalue weighted by Gasteiger charge is 2.17. The van der Waals surface area contributed by atoms with Crippen LogP contribution in [0.1, 0.15) is 12.0 Å². The van der Waals surface area contributed by atoms with Crippen molar-refractivity contribution < 1.29 is 22.6 Å². The molecule has 3 aromatic carbocycles. The van der Waals surface area contributed by atoms with Gasteiger partial charge in [0.2, 0.25) is 0 Å². The van der Waals surface area contributed by atoms with E-state index in [1.807, 2.05) is 24.3 Å². The summed E-state index contributed by atoms with van der Waals surface area (Å²) in [7, 11) is 0. The molecule has 29 heavy (non-hydrogen) atoms. The van der Waals surface area contributed by atoms with Crippen LogP contribution >= 0.6 is 0 Å². The number of hydrogen-bond acceptors (Lipinski definition) is 2. The number of fused-ring (bicyclic) bond motifs is 1. The van der Waals surface area contributed by atoms with Crippen LogP contribution in [0.15, 0.2) is 73.8 Å². The Bertz CT molecular complexity index is 1010. The quantitative estimate of drug-likeness (QED) is 0.364. The lowest BCUT2D eigenvalue weighted by molar-refractivity contribution is -0.0505. The summed E-state index contributed by atoms with van der Waals surface area (Å²) in [5.74, 6) is 0.0249. The highest BCUT2D eigenvalue weighted by Crippen LogP contribution is 2.34. The van der Waals surface area contributed by atoms with Gasteiger partial charge in [-0.1, -0.05) is 43.0 Å². The van der Waals surface area contributed by atoms with Crippen molar-refractivity contribution in [2.75, 3.05) is 6.61 Å². The summed E-state index contributed by atoms with van der Waals surface area (Å²) >= 11 is 0. The second kappa shape index (κ2) is 9.32. The molecule has 3 rings (SSSR count). The van der Waals surface area contributed by atoms with E-state index in [2.05, 4.69) is 17.9 Å². The SMILES string of the molecule is C=CCCc1c(OC(F)F)cc2cc(-c3ccc(OCC=C)cc3)ccc2c1F. The van der Waals surface area contributed by atoms with E-state index in [4.69, 9.17) is 4.74 Å². The fraction of sp³-hybridized carbons (Fsp3) is 0.167. The Morgan fingerprint density at radius 1 is 0.931 bits per heavy atom. The zero-order valence-corrected chi connectivity index (χ0v) is 15.8. The van der Waals surface area contributed by atoms with Gasteiger partial charge in [-0.3, -0.25) is 0 Å². The second-order valence-corrected chi connectivity index (χ2v) is 6.43. The molecule has 0 atom stereocenters. The Labute approximate surface area is 167 Å². The fourth-order valence-electron chi connectivity index (χ4n) is 3.14. The molecule has 3 aromatic rings. The molecule has 0 aromatic heterocycles. The number of hydrogen-bond donors (Lipinski definition) is 0. The Hall–Kier alpha value is -3.21. The molecular weight excluding hydrogens is 377 g/mol. The van der Waals surface area contributed by atoms with Crippen molar-refractivity contribution in [1.82, 2.24) is 0 Å². The van der Waals surface area contributed by atoms with E-state index in [1.54, 1.807) is 30.4 Å². The minimum Gasteiger partial charge on any atom is -0.490 e. The highest BCUT2D eigenvalue weighted by molar-refractivity contribution is 5.90. The lowest BCUT2D eigenvalue weighted by Crippen LogP contribution is -2.06. The van der Waals surface area contributed by atoms with Gasteiger partial charge in [-0.05, 0) is 53.6 Å². The summed E-state index contributed by atoms with van der Waals surface area (Å²) in [6.45, 7) is 4.59. The molecule has 0 heterocycles. The number of ether oxygens (including phenoxy) is 2. The molecule has 0 aliphatic carbocycles. The summed E-state index contributed by atoms with van der Waals surface area (Å²) < 4.78 is 50.8. The molecule has 0 radical (unpaired) electrons. The van der Waals surface area contributed by atoms with Gasteiger partial charge in [0.25, 0.3) is 0 Å². The van der Waals surface area contributed by atoms with E-state index in [0.717, 1.165) is 11.1 Å². The van der Waals surface area contributed by atoms with Crippen LogP contribution in [-0.4, -0.2) is 13.2 Å². The van der Waals surface area contributed by atoms with Crippen molar-refractivity contribution in [1.29, 1.82) is 0 Å². The maximum Gasteiger partial charge on any atom is 0.387 e. The smallest absolute Gasteiger partial charge is 0.387 e. The number of benzene rings is 3. The second-order valence-electron chi connectivity index (χ2n) is 6.43. The zero-order valence-electron chi connectivity index (χ0n) is 15.8. The molecule has 150 valence electrons. The average Bonchev–Trinajstić information content (AvgIpc) is 2.71. The summed E-state index contributed by atoms with van der Waals surface area (Å²) in [4.78, 5) is 0. The van der Waals surface area contributed by atoms with Crippen molar-refractivity contribution in [2.24, 2.45) is 0 Å². The third-order valence-corrected chi connectivity index (χ3v) is 4.51. The van der Waals surface area contributed by atoms with Gasteiger partial charge in [0.05, 0.1) is 0 Å². The van der Waals surface area contributed by atoms with E-state index in [1.165, 1.54) is 6.07 Å². The van der Waals surface area contributed by atoms with Gasteiger partial charge in [-0.15, -0.1) is 6.58 Å². The van der Waals surface area contributed by atoms with Gasteiger partial charge >= 0.3 is 6.61 Å². The fourth-order valence-corrected chi connectivity index (χ4v) is 3.14. The molecule has 0 aliphatic heterocycles. The first-order valence-electron chi connectivity index (χ1n) is 9.18. The van der Waals surface area contributed by atoms with Gasteiger partial charge in [0.15, 0.2) is 0 Å². The molecule has 2 nitrogen and oxygen atoms in total. The Kier molecular flexibility index (Phi) is 6.60. The third-order valence-electron chi connectivity index (χ3n) is 4.51. The standard InChI is InChI=1S/C24H21F3O2/c1-3-5-6-21-22(29-24(26)27)15-18-14-17(9-12-20(18)23(21)25)16-7-10-19(11-8-16)28-13-4-2/h3-4,7-12,14-15,24H,1-2,5-6,13H2. The Morgan fingerprint density at radius 2 is 1.66 bits per heavy atom. The van der Waals surface area contributed by atoms with Crippen molar-refractivity contribution in [2.45, 2.75) is 19.5 Å². The van der Waals surface area contributed by atoms with E-state index in [9.17, 15) is 8.78 Å². The monoisotopic (exact) mass is 398 g/mol. The van der Waals surface area contributed by atoms with Crippen LogP contribution in [0.3, 0.4) is 0 Å². The third kappa shape index (κ3) is 4.80. The first-order valence-corrected chi connectivity index (χ1v) is 9.18. The Morgan fingerprint density at radius 3 is 2.31 bits per heavy atom. The van der Waals surface area contributed by atoms with Gasteiger partial charge in [-0.25, -0.2) is 4.39 Å². The molecule has 0 spiro atoms. The largest absolute Gasteiger partial charge is 0.490 e. The molecule has 0 amide bonds. The predicted octanol–water partition coefficient (Wildman–Crippen LogP) is 6.93. The van der Waals surface area contributed by atoms with E-state index < -0.39 is 12.4 Å². The maximum atomic E-state index is 15.0. The molecule has 0 aliphatic rings. The van der Waals surface area contributed by atoms with E-state index in [-0.39, 0.29) is 17.7 Å². The van der Waals surface area contributed by atoms with Crippen molar-refractivity contribution in [3.05, 3.63) is 85.2 Å². The lowest BCUT2D eigenvalue weighted by Gasteiger charge is -2.14. The molecule has 5 heteroatoms. The van der Waals surface area contributed by atoms with Crippen molar-refractivity contribution >= 4 is 10.8 Å². The molecule has 0 N–H and O–H groups in total. The van der Waals surface area contributed by atoms with E-state index in [0.29, 0.717) is 29.5 Å². The van der Waals surface area contributed by atoms with Crippen LogP contribution in [0.25, 0.3) is 21.9 Å². The van der Waals surface area contributed by atoms with Gasteiger partial charge in [0, 0.05) is 10.9 Å². The summed E-state index contributed by atoms with van der Waals surface area (Å²) in [6, 6.07) is 14.1. The first kappa shape index (κ1) is 20.5. The summed E-state index contributed by atoms with van der Waals surface area (Å²) in [5.41, 5.74) is 1.86. The van der Waals surface area contributed by atoms with Crippen LogP contribution in [0, 0.1) is 5.82 Å². The van der Waals surface area contributed by atoms with Gasteiger partial charge in [0.1, 0.15) is 23.9 Å². The Balaban J connectivity index is 2.02. The number of rotatable bonds is 9. The maximum absolute atomic E-state index is 15.0. The van der Waals surface area contributed by atoms with Crippen molar-refractivity contribution in [3.63, 3.8) is 0 Å². The molecule has 0 bridgehead atoms. The van der Waals surface area contributed by atoms with Gasteiger partial charge in [-0.2, -0.15) is 8.78 Å². The lowest BCUT2D eigenvalue weighted by atomic mass is 9.97. The predicted molar refractivity (Wildman–Crippen MR) is 110 cm³/mol. The molecule has 0 fully saturated rings. The topological polar surface area (TPSA) is 18.5 Å². The minimum absolute atomic E-state index is 0.133. The van der Waals surface area contributed by atoms with Crippen LogP contribution in [0.4, 0.5) is 13.2 Å². The average molecular weight is 398 g/mol. The van der Waals surface area contributed by atoms with Crippen molar-refractivity contribution in [3.8, 4) is 22.6 Å². The summed E-state index contributed by atoms with van der Waals surface area (Å²) in [6.07, 6.45) is 3.97. The molecule has 0 saturated carbocycles. The van der Waals surface area contributed by atoms with Crippen LogP contribution in [0.2, 0.25) is 0 Å².